The van der Waals surface area contributed by atoms with Gasteiger partial charge in [-0.2, -0.15) is 0 Å². The van der Waals surface area contributed by atoms with Crippen LogP contribution in [0, 0.1) is 6.92 Å². The highest BCUT2D eigenvalue weighted by Gasteiger charge is 1.99. The lowest BCUT2D eigenvalue weighted by molar-refractivity contribution is -0.733. The topological polar surface area (TPSA) is 53.5 Å². The second kappa shape index (κ2) is 7.39. The fraction of sp³-hybridized carbons (Fsp3) is 0.538. The Morgan fingerprint density at radius 2 is 1.75 bits per heavy atom. The number of nitrogens with two attached hydrogens (primary N) is 2. The number of quaternary nitrogens is 2. The molecule has 1 atom stereocenters. The Labute approximate surface area is 97.9 Å². The Kier molecular flexibility index (Phi) is 6.08. The SMILES string of the molecule is Cc1ccc(C[NH2+]CC[NH2+]C[C@H](C)O)cc1. The summed E-state index contributed by atoms with van der Waals surface area (Å²) in [6.45, 7) is 7.95. The molecular weight excluding hydrogens is 200 g/mol. The lowest BCUT2D eigenvalue weighted by Gasteiger charge is -2.04. The van der Waals surface area contributed by atoms with E-state index in [0.717, 1.165) is 26.2 Å². The Hall–Kier alpha value is -0.900. The maximum Gasteiger partial charge on any atom is 0.125 e. The van der Waals surface area contributed by atoms with E-state index in [1.807, 2.05) is 6.92 Å². The van der Waals surface area contributed by atoms with E-state index < -0.39 is 0 Å². The summed E-state index contributed by atoms with van der Waals surface area (Å²) in [6, 6.07) is 8.68. The van der Waals surface area contributed by atoms with Gasteiger partial charge in [0, 0.05) is 5.56 Å². The van der Waals surface area contributed by atoms with Crippen molar-refractivity contribution in [3.63, 3.8) is 0 Å². The minimum absolute atomic E-state index is 0.197. The fourth-order valence-corrected chi connectivity index (χ4v) is 1.59. The molecule has 0 aliphatic rings. The first-order valence-corrected chi connectivity index (χ1v) is 6.05. The average Bonchev–Trinajstić information content (AvgIpc) is 2.25. The Morgan fingerprint density at radius 3 is 2.38 bits per heavy atom. The molecular formula is C13H24N2O+2. The van der Waals surface area contributed by atoms with Gasteiger partial charge in [0.25, 0.3) is 0 Å². The first kappa shape index (κ1) is 13.2. The molecule has 0 unspecified atom stereocenters. The van der Waals surface area contributed by atoms with E-state index in [0.29, 0.717) is 0 Å². The standard InChI is InChI=1S/C13H22N2O/c1-11-3-5-13(6-4-11)10-15-8-7-14-9-12(2)16/h3-6,12,14-16H,7-10H2,1-2H3/p+2/t12-/m0/s1. The van der Waals surface area contributed by atoms with Crippen molar-refractivity contribution in [1.82, 2.24) is 0 Å². The summed E-state index contributed by atoms with van der Waals surface area (Å²) in [6.07, 6.45) is -0.197. The molecule has 0 radical (unpaired) electrons. The van der Waals surface area contributed by atoms with Crippen molar-refractivity contribution in [2.24, 2.45) is 0 Å². The van der Waals surface area contributed by atoms with Crippen LogP contribution in [0.15, 0.2) is 24.3 Å². The van der Waals surface area contributed by atoms with Gasteiger partial charge >= 0.3 is 0 Å². The van der Waals surface area contributed by atoms with Crippen LogP contribution in [0.25, 0.3) is 0 Å². The van der Waals surface area contributed by atoms with Crippen LogP contribution < -0.4 is 10.6 Å². The number of benzene rings is 1. The van der Waals surface area contributed by atoms with Crippen molar-refractivity contribution in [1.29, 1.82) is 0 Å². The maximum absolute atomic E-state index is 9.07. The highest BCUT2D eigenvalue weighted by atomic mass is 16.3. The van der Waals surface area contributed by atoms with Crippen LogP contribution in [0.3, 0.4) is 0 Å². The third-order valence-electron chi connectivity index (χ3n) is 2.58. The van der Waals surface area contributed by atoms with E-state index in [9.17, 15) is 0 Å². The maximum atomic E-state index is 9.07. The van der Waals surface area contributed by atoms with Gasteiger partial charge < -0.3 is 15.7 Å². The van der Waals surface area contributed by atoms with Crippen LogP contribution in [-0.4, -0.2) is 30.8 Å². The van der Waals surface area contributed by atoms with E-state index >= 15 is 0 Å². The third-order valence-corrected chi connectivity index (χ3v) is 2.58. The molecule has 3 nitrogen and oxygen atoms in total. The van der Waals surface area contributed by atoms with Gasteiger partial charge in [-0.3, -0.25) is 0 Å². The van der Waals surface area contributed by atoms with Crippen LogP contribution in [-0.2, 0) is 6.54 Å². The molecule has 0 bridgehead atoms. The predicted molar refractivity (Wildman–Crippen MR) is 65.0 cm³/mol. The number of rotatable bonds is 7. The zero-order chi connectivity index (χ0) is 11.8. The lowest BCUT2D eigenvalue weighted by Crippen LogP contribution is -2.95. The van der Waals surface area contributed by atoms with Crippen molar-refractivity contribution in [2.45, 2.75) is 26.5 Å². The summed E-state index contributed by atoms with van der Waals surface area (Å²) in [5.74, 6) is 0. The minimum Gasteiger partial charge on any atom is -0.388 e. The molecule has 0 aromatic heterocycles. The van der Waals surface area contributed by atoms with E-state index in [1.54, 1.807) is 0 Å². The molecule has 0 aliphatic carbocycles. The summed E-state index contributed by atoms with van der Waals surface area (Å²) in [7, 11) is 0. The van der Waals surface area contributed by atoms with Crippen LogP contribution in [0.4, 0.5) is 0 Å². The molecule has 0 heterocycles. The molecule has 16 heavy (non-hydrogen) atoms. The van der Waals surface area contributed by atoms with Gasteiger partial charge in [0.2, 0.25) is 0 Å². The Bertz CT molecular complexity index is 282. The number of aliphatic hydroxyl groups is 1. The molecule has 90 valence electrons. The highest BCUT2D eigenvalue weighted by molar-refractivity contribution is 5.20. The number of aliphatic hydroxyl groups excluding tert-OH is 1. The van der Waals surface area contributed by atoms with E-state index in [-0.39, 0.29) is 6.10 Å². The highest BCUT2D eigenvalue weighted by Crippen LogP contribution is 2.00. The Morgan fingerprint density at radius 1 is 1.12 bits per heavy atom. The molecule has 0 saturated heterocycles. The normalized spacial score (nSPS) is 12.7. The summed E-state index contributed by atoms with van der Waals surface area (Å²) < 4.78 is 0. The second-order valence-corrected chi connectivity index (χ2v) is 4.43. The van der Waals surface area contributed by atoms with Crippen molar-refractivity contribution < 1.29 is 15.7 Å². The van der Waals surface area contributed by atoms with Crippen LogP contribution >= 0.6 is 0 Å². The molecule has 0 aliphatic heterocycles. The van der Waals surface area contributed by atoms with Gasteiger partial charge in [0.15, 0.2) is 0 Å². The fourth-order valence-electron chi connectivity index (χ4n) is 1.59. The third kappa shape index (κ3) is 5.85. The number of aryl methyl sites for hydroxylation is 1. The average molecular weight is 224 g/mol. The summed E-state index contributed by atoms with van der Waals surface area (Å²) >= 11 is 0. The monoisotopic (exact) mass is 224 g/mol. The van der Waals surface area contributed by atoms with Gasteiger partial charge in [-0.25, -0.2) is 0 Å². The lowest BCUT2D eigenvalue weighted by atomic mass is 10.1. The van der Waals surface area contributed by atoms with E-state index in [1.165, 1.54) is 11.1 Å². The first-order chi connectivity index (χ1) is 7.68. The van der Waals surface area contributed by atoms with Gasteiger partial charge in [-0.1, -0.05) is 29.8 Å². The van der Waals surface area contributed by atoms with Gasteiger partial charge in [-0.15, -0.1) is 0 Å². The molecule has 0 amide bonds. The molecule has 0 saturated carbocycles. The Balaban J connectivity index is 2.05. The van der Waals surface area contributed by atoms with E-state index in [2.05, 4.69) is 41.8 Å². The second-order valence-electron chi connectivity index (χ2n) is 4.43. The van der Waals surface area contributed by atoms with Gasteiger partial charge in [-0.05, 0) is 13.8 Å². The first-order valence-electron chi connectivity index (χ1n) is 6.05. The van der Waals surface area contributed by atoms with Crippen molar-refractivity contribution >= 4 is 0 Å². The molecule has 1 aromatic carbocycles. The van der Waals surface area contributed by atoms with Gasteiger partial charge in [0.05, 0.1) is 6.10 Å². The van der Waals surface area contributed by atoms with Crippen LogP contribution in [0.5, 0.6) is 0 Å². The predicted octanol–water partition coefficient (Wildman–Crippen LogP) is -0.997. The summed E-state index contributed by atoms with van der Waals surface area (Å²) in [5.41, 5.74) is 2.69. The van der Waals surface area contributed by atoms with E-state index in [4.69, 9.17) is 5.11 Å². The molecule has 5 N–H and O–H groups in total. The molecule has 0 fully saturated rings. The number of hydrogen-bond acceptors (Lipinski definition) is 1. The molecule has 1 aromatic rings. The van der Waals surface area contributed by atoms with Crippen LogP contribution in [0.1, 0.15) is 18.1 Å². The summed E-state index contributed by atoms with van der Waals surface area (Å²) in [4.78, 5) is 0. The minimum atomic E-state index is -0.197. The van der Waals surface area contributed by atoms with Crippen molar-refractivity contribution in [3.05, 3.63) is 35.4 Å². The zero-order valence-electron chi connectivity index (χ0n) is 10.3. The number of hydrogen-bond donors (Lipinski definition) is 3. The van der Waals surface area contributed by atoms with Crippen molar-refractivity contribution in [2.75, 3.05) is 19.6 Å². The quantitative estimate of drug-likeness (QED) is 0.511. The van der Waals surface area contributed by atoms with Crippen molar-refractivity contribution in [3.8, 4) is 0 Å². The van der Waals surface area contributed by atoms with Gasteiger partial charge in [0.1, 0.15) is 26.2 Å². The molecule has 0 spiro atoms. The zero-order valence-corrected chi connectivity index (χ0v) is 10.3. The van der Waals surface area contributed by atoms with Crippen LogP contribution in [0.2, 0.25) is 0 Å². The smallest absolute Gasteiger partial charge is 0.125 e. The largest absolute Gasteiger partial charge is 0.388 e. The molecule has 3 heteroatoms. The molecule has 1 rings (SSSR count). The summed E-state index contributed by atoms with van der Waals surface area (Å²) in [5, 5.41) is 13.5.